The summed E-state index contributed by atoms with van der Waals surface area (Å²) in [6.45, 7) is 4.85. The summed E-state index contributed by atoms with van der Waals surface area (Å²) in [5.41, 5.74) is 2.02. The molecule has 0 bridgehead atoms. The number of piperazine rings is 1. The minimum absolute atomic E-state index is 0. The fourth-order valence-electron chi connectivity index (χ4n) is 4.33. The number of amides is 1. The first-order valence-electron chi connectivity index (χ1n) is 12.3. The van der Waals surface area contributed by atoms with Gasteiger partial charge in [-0.25, -0.2) is 13.4 Å². The number of fused-ring (bicyclic) bond motifs is 1. The SMILES string of the molecule is CN(c1ccccc1)S(=O)(=O)c1ccc(C(=O)NCCN2CCN(c3nc4ccc(Br)cc4s3)CC2)cc1.Cl. The van der Waals surface area contributed by atoms with E-state index in [1.165, 1.54) is 28.2 Å². The molecule has 1 aliphatic heterocycles. The number of halogens is 2. The summed E-state index contributed by atoms with van der Waals surface area (Å²) >= 11 is 5.23. The van der Waals surface area contributed by atoms with Gasteiger partial charge in [0.05, 0.1) is 20.8 Å². The molecule has 206 valence electrons. The Balaban J connectivity index is 0.00000353. The Morgan fingerprint density at radius 1 is 1.03 bits per heavy atom. The van der Waals surface area contributed by atoms with E-state index >= 15 is 0 Å². The highest BCUT2D eigenvalue weighted by Gasteiger charge is 2.22. The van der Waals surface area contributed by atoms with Gasteiger partial charge in [-0.2, -0.15) is 0 Å². The molecule has 4 aromatic rings. The van der Waals surface area contributed by atoms with Gasteiger partial charge in [0.25, 0.3) is 15.9 Å². The van der Waals surface area contributed by atoms with Crippen molar-refractivity contribution in [1.82, 2.24) is 15.2 Å². The molecular formula is C27H29BrClN5O3S2. The van der Waals surface area contributed by atoms with E-state index in [1.54, 1.807) is 47.7 Å². The summed E-state index contributed by atoms with van der Waals surface area (Å²) in [6, 6.07) is 21.1. The van der Waals surface area contributed by atoms with Crippen LogP contribution in [0.2, 0.25) is 0 Å². The van der Waals surface area contributed by atoms with Gasteiger partial charge in [0, 0.05) is 56.4 Å². The molecule has 1 aliphatic rings. The molecule has 0 unspecified atom stereocenters. The molecular weight excluding hydrogens is 622 g/mol. The third-order valence-corrected chi connectivity index (χ3v) is 9.96. The molecule has 0 spiro atoms. The molecule has 8 nitrogen and oxygen atoms in total. The predicted octanol–water partition coefficient (Wildman–Crippen LogP) is 4.86. The number of nitrogens with one attached hydrogen (secondary N) is 1. The van der Waals surface area contributed by atoms with Crippen molar-refractivity contribution in [2.45, 2.75) is 4.90 Å². The van der Waals surface area contributed by atoms with Crippen LogP contribution >= 0.6 is 39.7 Å². The first-order valence-corrected chi connectivity index (χ1v) is 15.3. The summed E-state index contributed by atoms with van der Waals surface area (Å²) in [6.07, 6.45) is 0. The molecule has 0 saturated carbocycles. The topological polar surface area (TPSA) is 85.8 Å². The Bertz CT molecular complexity index is 1530. The lowest BCUT2D eigenvalue weighted by molar-refractivity contribution is 0.0947. The first-order chi connectivity index (χ1) is 18.3. The maximum Gasteiger partial charge on any atom is 0.264 e. The maximum absolute atomic E-state index is 12.9. The van der Waals surface area contributed by atoms with Gasteiger partial charge in [-0.3, -0.25) is 14.0 Å². The van der Waals surface area contributed by atoms with Crippen LogP contribution in [0.4, 0.5) is 10.8 Å². The predicted molar refractivity (Wildman–Crippen MR) is 164 cm³/mol. The number of anilines is 2. The summed E-state index contributed by atoms with van der Waals surface area (Å²) in [5.74, 6) is -0.218. The number of benzene rings is 3. The normalized spacial score (nSPS) is 14.2. The molecule has 39 heavy (non-hydrogen) atoms. The Kier molecular flexibility index (Phi) is 9.50. The first kappa shape index (κ1) is 29.3. The Hall–Kier alpha value is -2.70. The molecule has 0 atom stereocenters. The minimum Gasteiger partial charge on any atom is -0.351 e. The number of thiazole rings is 1. The average Bonchev–Trinajstić information content (AvgIpc) is 3.36. The lowest BCUT2D eigenvalue weighted by Crippen LogP contribution is -2.48. The zero-order valence-corrected chi connectivity index (χ0v) is 25.3. The number of para-hydroxylation sites is 1. The molecule has 1 N–H and O–H groups in total. The number of carbonyl (C=O) groups excluding carboxylic acids is 1. The number of hydrogen-bond acceptors (Lipinski definition) is 7. The van der Waals surface area contributed by atoms with Gasteiger partial charge >= 0.3 is 0 Å². The smallest absolute Gasteiger partial charge is 0.264 e. The summed E-state index contributed by atoms with van der Waals surface area (Å²) in [5, 5.41) is 4.00. The minimum atomic E-state index is -3.72. The van der Waals surface area contributed by atoms with E-state index in [4.69, 9.17) is 4.98 Å². The Morgan fingerprint density at radius 2 is 1.72 bits per heavy atom. The zero-order valence-electron chi connectivity index (χ0n) is 21.3. The van der Waals surface area contributed by atoms with Crippen molar-refractivity contribution in [1.29, 1.82) is 0 Å². The van der Waals surface area contributed by atoms with Crippen LogP contribution in [-0.2, 0) is 10.0 Å². The van der Waals surface area contributed by atoms with E-state index in [-0.39, 0.29) is 23.2 Å². The van der Waals surface area contributed by atoms with Crippen LogP contribution in [-0.4, -0.2) is 70.5 Å². The monoisotopic (exact) mass is 649 g/mol. The summed E-state index contributed by atoms with van der Waals surface area (Å²) in [4.78, 5) is 22.2. The fraction of sp³-hybridized carbons (Fsp3) is 0.259. The molecule has 12 heteroatoms. The molecule has 2 heterocycles. The van der Waals surface area contributed by atoms with Gasteiger partial charge < -0.3 is 10.2 Å². The molecule has 1 aromatic heterocycles. The number of sulfonamides is 1. The van der Waals surface area contributed by atoms with Crippen molar-refractivity contribution in [2.24, 2.45) is 0 Å². The maximum atomic E-state index is 12.9. The van der Waals surface area contributed by atoms with E-state index in [9.17, 15) is 13.2 Å². The molecule has 1 fully saturated rings. The van der Waals surface area contributed by atoms with Crippen LogP contribution in [0.25, 0.3) is 10.2 Å². The van der Waals surface area contributed by atoms with E-state index in [2.05, 4.69) is 37.1 Å². The second kappa shape index (κ2) is 12.6. The molecule has 0 aliphatic carbocycles. The van der Waals surface area contributed by atoms with Crippen LogP contribution in [0.3, 0.4) is 0 Å². The van der Waals surface area contributed by atoms with Gasteiger partial charge in [-0.05, 0) is 54.6 Å². The highest BCUT2D eigenvalue weighted by atomic mass is 79.9. The average molecular weight is 651 g/mol. The van der Waals surface area contributed by atoms with Crippen LogP contribution in [0, 0.1) is 0 Å². The third-order valence-electron chi connectivity index (χ3n) is 6.59. The van der Waals surface area contributed by atoms with Gasteiger partial charge in [0.1, 0.15) is 0 Å². The van der Waals surface area contributed by atoms with Crippen molar-refractivity contribution in [2.75, 3.05) is 55.5 Å². The van der Waals surface area contributed by atoms with Crippen LogP contribution in [0.15, 0.2) is 82.2 Å². The second-order valence-electron chi connectivity index (χ2n) is 9.03. The summed E-state index contributed by atoms with van der Waals surface area (Å²) < 4.78 is 29.4. The van der Waals surface area contributed by atoms with Gasteiger partial charge in [-0.15, -0.1) is 12.4 Å². The Morgan fingerprint density at radius 3 is 2.41 bits per heavy atom. The van der Waals surface area contributed by atoms with Crippen molar-refractivity contribution >= 4 is 76.6 Å². The van der Waals surface area contributed by atoms with Crippen LogP contribution in [0.5, 0.6) is 0 Å². The van der Waals surface area contributed by atoms with Crippen LogP contribution < -0.4 is 14.5 Å². The van der Waals surface area contributed by atoms with Gasteiger partial charge in [0.15, 0.2) is 5.13 Å². The van der Waals surface area contributed by atoms with E-state index < -0.39 is 10.0 Å². The molecule has 1 amide bonds. The molecule has 3 aromatic carbocycles. The number of rotatable bonds is 8. The highest BCUT2D eigenvalue weighted by molar-refractivity contribution is 9.10. The van der Waals surface area contributed by atoms with Gasteiger partial charge in [-0.1, -0.05) is 45.5 Å². The zero-order chi connectivity index (χ0) is 26.7. The highest BCUT2D eigenvalue weighted by Crippen LogP contribution is 2.31. The van der Waals surface area contributed by atoms with Crippen molar-refractivity contribution in [3.05, 3.63) is 82.8 Å². The van der Waals surface area contributed by atoms with Crippen molar-refractivity contribution < 1.29 is 13.2 Å². The van der Waals surface area contributed by atoms with E-state index in [1.807, 2.05) is 18.2 Å². The number of hydrogen-bond donors (Lipinski definition) is 1. The fourth-order valence-corrected chi connectivity index (χ4v) is 7.09. The molecule has 1 saturated heterocycles. The van der Waals surface area contributed by atoms with E-state index in [0.717, 1.165) is 47.8 Å². The number of aromatic nitrogens is 1. The number of nitrogens with zero attached hydrogens (tertiary/aromatic N) is 4. The standard InChI is InChI=1S/C27H28BrN5O3S2.ClH/c1-31(22-5-3-2-4-6-22)38(35,36)23-10-7-20(8-11-23)26(34)29-13-14-32-15-17-33(18-16-32)27-30-24-12-9-21(28)19-25(24)37-27;/h2-12,19H,13-18H2,1H3,(H,29,34);1H. The Labute approximate surface area is 247 Å². The largest absolute Gasteiger partial charge is 0.351 e. The van der Waals surface area contributed by atoms with E-state index in [0.29, 0.717) is 17.8 Å². The van der Waals surface area contributed by atoms with Gasteiger partial charge in [0.2, 0.25) is 0 Å². The molecule has 0 radical (unpaired) electrons. The quantitative estimate of drug-likeness (QED) is 0.293. The number of carbonyl (C=O) groups is 1. The van der Waals surface area contributed by atoms with Crippen LogP contribution in [0.1, 0.15) is 10.4 Å². The second-order valence-corrected chi connectivity index (χ2v) is 12.9. The lowest BCUT2D eigenvalue weighted by atomic mass is 10.2. The van der Waals surface area contributed by atoms with Crippen molar-refractivity contribution in [3.8, 4) is 0 Å². The molecule has 5 rings (SSSR count). The lowest BCUT2D eigenvalue weighted by Gasteiger charge is -2.34. The summed E-state index contributed by atoms with van der Waals surface area (Å²) in [7, 11) is -2.20. The third kappa shape index (κ3) is 6.72. The van der Waals surface area contributed by atoms with Crippen molar-refractivity contribution in [3.63, 3.8) is 0 Å².